The molecule has 0 aliphatic heterocycles. The molecule has 0 radical (unpaired) electrons. The third-order valence-corrected chi connectivity index (χ3v) is 11.6. The van der Waals surface area contributed by atoms with Gasteiger partial charge in [0.15, 0.2) is 5.82 Å². The Hall–Kier alpha value is -5.23. The summed E-state index contributed by atoms with van der Waals surface area (Å²) in [6.07, 6.45) is 10.9. The van der Waals surface area contributed by atoms with E-state index >= 15 is 0 Å². The molecule has 1 aromatic heterocycles. The number of carboxylic acids is 1. The number of carbonyl (C=O) groups excluding carboxylic acids is 2. The molecule has 2 aliphatic carbocycles. The molecule has 300 valence electrons. The van der Waals surface area contributed by atoms with Crippen LogP contribution in [0.15, 0.2) is 79.1 Å². The second-order valence-electron chi connectivity index (χ2n) is 14.9. The molecule has 6 rings (SSSR count). The van der Waals surface area contributed by atoms with E-state index in [2.05, 4.69) is 28.3 Å². The minimum Gasteiger partial charge on any atom is -0.497 e. The number of rotatable bonds is 13. The highest BCUT2D eigenvalue weighted by Gasteiger charge is 2.34. The summed E-state index contributed by atoms with van der Waals surface area (Å²) < 4.78 is 45.8. The molecule has 0 saturated heterocycles. The number of aromatic nitrogens is 2. The van der Waals surface area contributed by atoms with Crippen molar-refractivity contribution in [3.63, 3.8) is 0 Å². The van der Waals surface area contributed by atoms with E-state index in [1.165, 1.54) is 81.5 Å². The van der Waals surface area contributed by atoms with Crippen LogP contribution in [0.4, 0.5) is 18.9 Å². The highest BCUT2D eigenvalue weighted by Crippen LogP contribution is 2.42. The maximum Gasteiger partial charge on any atom is 0.416 e. The Morgan fingerprint density at radius 3 is 2.25 bits per heavy atom. The van der Waals surface area contributed by atoms with Gasteiger partial charge < -0.3 is 20.1 Å². The van der Waals surface area contributed by atoms with Gasteiger partial charge in [-0.3, -0.25) is 14.4 Å². The number of hydrogen-bond acceptors (Lipinski definition) is 6. The standard InChI is InChI=1S/C44H46ClF3N4O5/c1-3-27-4-8-29(9-5-27)30-12-14-31(15-13-30)35-23-49-42(50-24-35)32-10-6-28(7-11-32)25-52(26-41(54)55)43(56)34-17-19-39(38(45)20-34)51-40(53)21-33-16-18-36(57-2)22-37(33)44(46,47)48/h6-7,10-11,14,16-20,22-24,27,29-30H,3-5,8-9,12-13,15,21,25-26H2,1-2H3,(H,51,53)(H,54,55)/t27-,29-,30?. The van der Waals surface area contributed by atoms with Crippen molar-refractivity contribution < 1.29 is 37.4 Å². The Kier molecular flexibility index (Phi) is 13.3. The van der Waals surface area contributed by atoms with Crippen LogP contribution in [0.3, 0.4) is 0 Å². The van der Waals surface area contributed by atoms with E-state index in [1.807, 2.05) is 24.5 Å². The Bertz CT molecular complexity index is 2100. The van der Waals surface area contributed by atoms with Gasteiger partial charge in [-0.2, -0.15) is 13.2 Å². The highest BCUT2D eigenvalue weighted by molar-refractivity contribution is 6.34. The molecule has 2 aliphatic rings. The van der Waals surface area contributed by atoms with E-state index in [4.69, 9.17) is 16.3 Å². The van der Waals surface area contributed by atoms with E-state index in [0.29, 0.717) is 11.4 Å². The number of halogens is 4. The molecule has 1 heterocycles. The van der Waals surface area contributed by atoms with Gasteiger partial charge in [-0.25, -0.2) is 9.97 Å². The van der Waals surface area contributed by atoms with Gasteiger partial charge in [0.2, 0.25) is 5.91 Å². The summed E-state index contributed by atoms with van der Waals surface area (Å²) in [5, 5.41) is 12.0. The summed E-state index contributed by atoms with van der Waals surface area (Å²) in [7, 11) is 1.24. The summed E-state index contributed by atoms with van der Waals surface area (Å²) in [5.74, 6) is 0.462. The summed E-state index contributed by atoms with van der Waals surface area (Å²) in [5.41, 5.74) is 2.64. The molecule has 9 nitrogen and oxygen atoms in total. The van der Waals surface area contributed by atoms with Gasteiger partial charge in [0.25, 0.3) is 5.91 Å². The fraction of sp³-hybridized carbons (Fsp3) is 0.386. The maximum atomic E-state index is 13.6. The van der Waals surface area contributed by atoms with Crippen molar-refractivity contribution in [3.05, 3.63) is 112 Å². The zero-order valence-corrected chi connectivity index (χ0v) is 32.7. The summed E-state index contributed by atoms with van der Waals surface area (Å²) >= 11 is 6.39. The lowest BCUT2D eigenvalue weighted by Crippen LogP contribution is -2.35. The quantitative estimate of drug-likeness (QED) is 0.138. The third kappa shape index (κ3) is 10.6. The first kappa shape index (κ1) is 41.4. The van der Waals surface area contributed by atoms with Crippen LogP contribution in [-0.4, -0.2) is 51.4 Å². The van der Waals surface area contributed by atoms with Crippen LogP contribution in [0, 0.1) is 17.8 Å². The predicted molar refractivity (Wildman–Crippen MR) is 213 cm³/mol. The lowest BCUT2D eigenvalue weighted by atomic mass is 9.71. The van der Waals surface area contributed by atoms with Crippen LogP contribution in [0.25, 0.3) is 17.0 Å². The molecule has 1 saturated carbocycles. The van der Waals surface area contributed by atoms with Gasteiger partial charge in [-0.15, -0.1) is 0 Å². The number of amides is 2. The van der Waals surface area contributed by atoms with E-state index in [9.17, 15) is 32.7 Å². The molecule has 1 unspecified atom stereocenters. The highest BCUT2D eigenvalue weighted by atomic mass is 35.5. The van der Waals surface area contributed by atoms with Crippen molar-refractivity contribution in [1.29, 1.82) is 0 Å². The molecule has 4 aromatic rings. The number of anilines is 1. The topological polar surface area (TPSA) is 122 Å². The monoisotopic (exact) mass is 802 g/mol. The van der Waals surface area contributed by atoms with E-state index in [0.717, 1.165) is 52.7 Å². The number of aliphatic carboxylic acids is 1. The molecule has 0 bridgehead atoms. The fourth-order valence-electron chi connectivity index (χ4n) is 8.00. The maximum absolute atomic E-state index is 13.6. The Balaban J connectivity index is 1.06. The van der Waals surface area contributed by atoms with Crippen LogP contribution in [0.2, 0.25) is 5.02 Å². The molecular weight excluding hydrogens is 757 g/mol. The van der Waals surface area contributed by atoms with E-state index in [-0.39, 0.29) is 34.1 Å². The first-order valence-electron chi connectivity index (χ1n) is 19.3. The van der Waals surface area contributed by atoms with Crippen LogP contribution in [0.1, 0.15) is 90.9 Å². The van der Waals surface area contributed by atoms with Gasteiger partial charge in [-0.05, 0) is 96.9 Å². The molecule has 2 amide bonds. The first-order valence-corrected chi connectivity index (χ1v) is 19.6. The predicted octanol–water partition coefficient (Wildman–Crippen LogP) is 10.1. The molecule has 1 fully saturated rings. The number of alkyl halides is 3. The molecule has 57 heavy (non-hydrogen) atoms. The lowest BCUT2D eigenvalue weighted by Gasteiger charge is -2.35. The number of hydrogen-bond donors (Lipinski definition) is 2. The average Bonchev–Trinajstić information content (AvgIpc) is 3.21. The Morgan fingerprint density at radius 2 is 1.65 bits per heavy atom. The summed E-state index contributed by atoms with van der Waals surface area (Å²) in [6.45, 7) is 1.68. The number of carboxylic acid groups (broad SMARTS) is 1. The van der Waals surface area contributed by atoms with Crippen LogP contribution >= 0.6 is 11.6 Å². The minimum absolute atomic E-state index is 0.00122. The molecule has 13 heteroatoms. The normalized spacial score (nSPS) is 18.4. The third-order valence-electron chi connectivity index (χ3n) is 11.3. The van der Waals surface area contributed by atoms with Crippen LogP contribution in [-0.2, 0) is 28.7 Å². The number of nitrogens with zero attached hydrogens (tertiary/aromatic N) is 3. The second kappa shape index (κ2) is 18.4. The first-order chi connectivity index (χ1) is 27.3. The van der Waals surface area contributed by atoms with Gasteiger partial charge in [0, 0.05) is 35.6 Å². The van der Waals surface area contributed by atoms with Crippen molar-refractivity contribution >= 4 is 40.6 Å². The number of allylic oxidation sites excluding steroid dienone is 2. The van der Waals surface area contributed by atoms with Crippen molar-refractivity contribution in [2.75, 3.05) is 19.0 Å². The summed E-state index contributed by atoms with van der Waals surface area (Å²) in [6, 6.07) is 14.5. The summed E-state index contributed by atoms with van der Waals surface area (Å²) in [4.78, 5) is 48.5. The van der Waals surface area contributed by atoms with Gasteiger partial charge in [0.05, 0.1) is 29.8 Å². The zero-order valence-electron chi connectivity index (χ0n) is 31.9. The number of ether oxygens (including phenoxy) is 1. The van der Waals surface area contributed by atoms with Crippen molar-refractivity contribution in [2.24, 2.45) is 17.8 Å². The number of methoxy groups -OCH3 is 1. The number of carbonyl (C=O) groups is 3. The SMILES string of the molecule is CC[C@H]1CC[C@H](C2CC=C(c3cnc(-c4ccc(CN(CC(=O)O)C(=O)c5ccc(NC(=O)Cc6ccc(OC)cc6C(F)(F)F)c(Cl)c5)cc4)nc3)CC2)CC1. The molecule has 3 aromatic carbocycles. The lowest BCUT2D eigenvalue weighted by molar-refractivity contribution is -0.139. The molecule has 1 atom stereocenters. The van der Waals surface area contributed by atoms with Gasteiger partial charge in [0.1, 0.15) is 12.3 Å². The van der Waals surface area contributed by atoms with E-state index < -0.39 is 42.5 Å². The van der Waals surface area contributed by atoms with Crippen LogP contribution in [0.5, 0.6) is 5.75 Å². The molecular formula is C44H46ClF3N4O5. The second-order valence-corrected chi connectivity index (χ2v) is 15.3. The van der Waals surface area contributed by atoms with Gasteiger partial charge in [-0.1, -0.05) is 74.2 Å². The number of benzene rings is 3. The molecule has 2 N–H and O–H groups in total. The zero-order chi connectivity index (χ0) is 40.7. The number of nitrogens with one attached hydrogen (secondary N) is 1. The molecule has 0 spiro atoms. The van der Waals surface area contributed by atoms with E-state index in [1.54, 1.807) is 12.1 Å². The van der Waals surface area contributed by atoms with Crippen molar-refractivity contribution in [1.82, 2.24) is 14.9 Å². The minimum atomic E-state index is -4.71. The van der Waals surface area contributed by atoms with Crippen LogP contribution < -0.4 is 10.1 Å². The largest absolute Gasteiger partial charge is 0.497 e. The fourth-order valence-corrected chi connectivity index (χ4v) is 8.23. The Morgan fingerprint density at radius 1 is 0.930 bits per heavy atom. The van der Waals surface area contributed by atoms with Crippen molar-refractivity contribution in [2.45, 2.75) is 77.4 Å². The van der Waals surface area contributed by atoms with Gasteiger partial charge >= 0.3 is 12.1 Å². The van der Waals surface area contributed by atoms with Crippen molar-refractivity contribution in [3.8, 4) is 17.1 Å². The average molecular weight is 803 g/mol. The Labute approximate surface area is 335 Å². The smallest absolute Gasteiger partial charge is 0.416 e.